The van der Waals surface area contributed by atoms with E-state index in [-0.39, 0.29) is 12.4 Å². The highest BCUT2D eigenvalue weighted by molar-refractivity contribution is 5.85. The molecule has 0 unspecified atom stereocenters. The van der Waals surface area contributed by atoms with E-state index in [4.69, 9.17) is 9.84 Å². The lowest BCUT2D eigenvalue weighted by Gasteiger charge is -2.06. The summed E-state index contributed by atoms with van der Waals surface area (Å²) in [5, 5.41) is 8.72. The topological polar surface area (TPSA) is 55.8 Å². The van der Waals surface area contributed by atoms with Crippen LogP contribution in [-0.4, -0.2) is 18.2 Å². The molecule has 4 heteroatoms. The molecule has 1 aromatic carbocycles. The van der Waals surface area contributed by atoms with Crippen LogP contribution in [0.25, 0.3) is 0 Å². The molecule has 0 aromatic heterocycles. The Balaban J connectivity index is 2.53. The van der Waals surface area contributed by atoms with Gasteiger partial charge in [-0.15, -0.1) is 0 Å². The number of ether oxygens (including phenoxy) is 2. The van der Waals surface area contributed by atoms with E-state index in [0.29, 0.717) is 6.26 Å². The smallest absolute Gasteiger partial charge is 0.376 e. The van der Waals surface area contributed by atoms with E-state index in [2.05, 4.69) is 4.74 Å². The molecule has 0 fully saturated rings. The summed E-state index contributed by atoms with van der Waals surface area (Å²) in [4.78, 5) is 11.0. The molecule has 0 aliphatic carbocycles. The second-order valence-corrected chi connectivity index (χ2v) is 2.76. The van der Waals surface area contributed by atoms with Crippen molar-refractivity contribution in [2.45, 2.75) is 6.61 Å². The van der Waals surface area contributed by atoms with Crippen LogP contribution in [0, 0.1) is 0 Å². The Kier molecular flexibility index (Phi) is 4.22. The molecular formula is C11H12O4. The maximum atomic E-state index is 11.0. The Hall–Kier alpha value is -1.97. The number of carbonyl (C=O) groups excluding carboxylic acids is 1. The average molecular weight is 208 g/mol. The molecule has 0 saturated carbocycles. The highest BCUT2D eigenvalue weighted by Crippen LogP contribution is 2.06. The summed E-state index contributed by atoms with van der Waals surface area (Å²) in [5.74, 6) is -0.908. The van der Waals surface area contributed by atoms with Crippen molar-refractivity contribution in [3.8, 4) is 0 Å². The van der Waals surface area contributed by atoms with Crippen molar-refractivity contribution in [3.63, 3.8) is 0 Å². The minimum absolute atomic E-state index is 0.207. The minimum atomic E-state index is -0.701. The molecule has 0 aliphatic rings. The molecule has 0 spiro atoms. The highest BCUT2D eigenvalue weighted by Gasteiger charge is 2.10. The van der Waals surface area contributed by atoms with Crippen molar-refractivity contribution in [2.24, 2.45) is 0 Å². The van der Waals surface area contributed by atoms with Gasteiger partial charge in [-0.3, -0.25) is 0 Å². The van der Waals surface area contributed by atoms with Gasteiger partial charge in [0.1, 0.15) is 12.9 Å². The molecule has 0 saturated heterocycles. The lowest BCUT2D eigenvalue weighted by atomic mass is 10.2. The van der Waals surface area contributed by atoms with E-state index in [1.807, 2.05) is 30.3 Å². The Bertz CT molecular complexity index is 343. The normalized spacial score (nSPS) is 10.9. The first kappa shape index (κ1) is 11.1. The van der Waals surface area contributed by atoms with E-state index in [0.717, 1.165) is 5.56 Å². The lowest BCUT2D eigenvalue weighted by molar-refractivity contribution is -0.140. The monoisotopic (exact) mass is 208 g/mol. The van der Waals surface area contributed by atoms with E-state index in [1.54, 1.807) is 0 Å². The number of hydrogen-bond acceptors (Lipinski definition) is 4. The summed E-state index contributed by atoms with van der Waals surface area (Å²) in [7, 11) is 1.22. The summed E-state index contributed by atoms with van der Waals surface area (Å²) in [5.41, 5.74) is 0.903. The maximum absolute atomic E-state index is 11.0. The quantitative estimate of drug-likeness (QED) is 0.465. The first-order valence-corrected chi connectivity index (χ1v) is 4.37. The van der Waals surface area contributed by atoms with E-state index in [1.165, 1.54) is 7.11 Å². The lowest BCUT2D eigenvalue weighted by Crippen LogP contribution is -2.08. The maximum Gasteiger partial charge on any atom is 0.376 e. The molecule has 1 aromatic rings. The fourth-order valence-corrected chi connectivity index (χ4v) is 0.985. The van der Waals surface area contributed by atoms with Crippen LogP contribution in [0.5, 0.6) is 0 Å². The third kappa shape index (κ3) is 3.34. The van der Waals surface area contributed by atoms with Crippen molar-refractivity contribution in [2.75, 3.05) is 7.11 Å². The number of esters is 1. The van der Waals surface area contributed by atoms with Gasteiger partial charge in [0.2, 0.25) is 5.76 Å². The summed E-state index contributed by atoms with van der Waals surface area (Å²) < 4.78 is 9.47. The van der Waals surface area contributed by atoms with Crippen molar-refractivity contribution >= 4 is 5.97 Å². The molecule has 0 amide bonds. The van der Waals surface area contributed by atoms with Gasteiger partial charge in [-0.2, -0.15) is 0 Å². The third-order valence-corrected chi connectivity index (χ3v) is 1.74. The number of methoxy groups -OCH3 is 1. The van der Waals surface area contributed by atoms with Crippen LogP contribution in [0.2, 0.25) is 0 Å². The SMILES string of the molecule is COC(=O)C(=CO)OCc1ccccc1. The molecule has 0 heterocycles. The molecule has 80 valence electrons. The summed E-state index contributed by atoms with van der Waals surface area (Å²) in [6.07, 6.45) is 0.592. The number of aliphatic hydroxyl groups is 1. The zero-order chi connectivity index (χ0) is 11.1. The van der Waals surface area contributed by atoms with Gasteiger partial charge in [0.15, 0.2) is 0 Å². The van der Waals surface area contributed by atoms with E-state index in [9.17, 15) is 4.79 Å². The fourth-order valence-electron chi connectivity index (χ4n) is 0.985. The van der Waals surface area contributed by atoms with Gasteiger partial charge in [-0.1, -0.05) is 30.3 Å². The van der Waals surface area contributed by atoms with Crippen molar-refractivity contribution in [3.05, 3.63) is 47.9 Å². The first-order valence-electron chi connectivity index (χ1n) is 4.37. The predicted octanol–water partition coefficient (Wildman–Crippen LogP) is 1.78. The van der Waals surface area contributed by atoms with E-state index < -0.39 is 5.97 Å². The molecule has 4 nitrogen and oxygen atoms in total. The van der Waals surface area contributed by atoms with Crippen LogP contribution in [0.4, 0.5) is 0 Å². The molecule has 0 atom stereocenters. The summed E-state index contributed by atoms with van der Waals surface area (Å²) >= 11 is 0. The van der Waals surface area contributed by atoms with Gasteiger partial charge in [-0.05, 0) is 5.56 Å². The van der Waals surface area contributed by atoms with Crippen LogP contribution in [0.15, 0.2) is 42.4 Å². The standard InChI is InChI=1S/C11H12O4/c1-14-11(13)10(7-12)15-8-9-5-3-2-4-6-9/h2-7,12H,8H2,1H3. The second-order valence-electron chi connectivity index (χ2n) is 2.76. The molecular weight excluding hydrogens is 196 g/mol. The van der Waals surface area contributed by atoms with Crippen molar-refractivity contribution < 1.29 is 19.4 Å². The number of hydrogen-bond donors (Lipinski definition) is 1. The number of benzene rings is 1. The molecule has 15 heavy (non-hydrogen) atoms. The highest BCUT2D eigenvalue weighted by atomic mass is 16.6. The van der Waals surface area contributed by atoms with Crippen molar-refractivity contribution in [1.29, 1.82) is 0 Å². The number of carbonyl (C=O) groups is 1. The number of aliphatic hydroxyl groups excluding tert-OH is 1. The molecule has 0 aliphatic heterocycles. The Labute approximate surface area is 87.7 Å². The van der Waals surface area contributed by atoms with Crippen LogP contribution < -0.4 is 0 Å². The van der Waals surface area contributed by atoms with Gasteiger partial charge in [0.05, 0.1) is 7.11 Å². The molecule has 1 rings (SSSR count). The second kappa shape index (κ2) is 5.70. The summed E-state index contributed by atoms with van der Waals surface area (Å²) in [6, 6.07) is 9.31. The van der Waals surface area contributed by atoms with Crippen LogP contribution >= 0.6 is 0 Å². The minimum Gasteiger partial charge on any atom is -0.511 e. The Morgan fingerprint density at radius 2 is 2.07 bits per heavy atom. The van der Waals surface area contributed by atoms with Gasteiger partial charge in [0, 0.05) is 0 Å². The fraction of sp³-hybridized carbons (Fsp3) is 0.182. The van der Waals surface area contributed by atoms with Crippen LogP contribution in [0.1, 0.15) is 5.56 Å². The molecule has 0 radical (unpaired) electrons. The molecule has 0 bridgehead atoms. The number of rotatable bonds is 4. The van der Waals surface area contributed by atoms with Gasteiger partial charge >= 0.3 is 5.97 Å². The zero-order valence-corrected chi connectivity index (χ0v) is 8.34. The average Bonchev–Trinajstić information content (AvgIpc) is 2.31. The first-order chi connectivity index (χ1) is 7.27. The predicted molar refractivity (Wildman–Crippen MR) is 54.0 cm³/mol. The van der Waals surface area contributed by atoms with Crippen molar-refractivity contribution in [1.82, 2.24) is 0 Å². The Morgan fingerprint density at radius 1 is 1.40 bits per heavy atom. The van der Waals surface area contributed by atoms with Crippen LogP contribution in [-0.2, 0) is 20.9 Å². The van der Waals surface area contributed by atoms with Gasteiger partial charge in [-0.25, -0.2) is 4.79 Å². The zero-order valence-electron chi connectivity index (χ0n) is 8.34. The van der Waals surface area contributed by atoms with Gasteiger partial charge < -0.3 is 14.6 Å². The summed E-state index contributed by atoms with van der Waals surface area (Å²) in [6.45, 7) is 0.211. The van der Waals surface area contributed by atoms with Gasteiger partial charge in [0.25, 0.3) is 0 Å². The molecule has 1 N–H and O–H groups in total. The van der Waals surface area contributed by atoms with E-state index >= 15 is 0 Å². The third-order valence-electron chi connectivity index (χ3n) is 1.74. The Morgan fingerprint density at radius 3 is 2.60 bits per heavy atom. The largest absolute Gasteiger partial charge is 0.511 e. The van der Waals surface area contributed by atoms with Crippen LogP contribution in [0.3, 0.4) is 0 Å².